The maximum atomic E-state index is 13.4. The lowest BCUT2D eigenvalue weighted by atomic mass is 9.97. The first-order valence-electron chi connectivity index (χ1n) is 9.96. The first-order valence-corrected chi connectivity index (χ1v) is 9.96. The highest BCUT2D eigenvalue weighted by Gasteiger charge is 2.43. The van der Waals surface area contributed by atoms with Crippen LogP contribution in [0.1, 0.15) is 46.1 Å². The van der Waals surface area contributed by atoms with Gasteiger partial charge in [0.1, 0.15) is 5.60 Å². The van der Waals surface area contributed by atoms with E-state index >= 15 is 0 Å². The number of nitrogens with zero attached hydrogens (tertiary/aromatic N) is 2. The fourth-order valence-electron chi connectivity index (χ4n) is 3.88. The number of halogens is 2. The highest BCUT2D eigenvalue weighted by Crippen LogP contribution is 2.31. The Bertz CT molecular complexity index is 832. The SMILES string of the molecule is C/C(=C\C[C@H]1C[C@H]2CN(C(=O)OC(C)(C)C)CCN2C1=O)c1ccc(F)c(F)c1. The molecule has 29 heavy (non-hydrogen) atoms. The molecule has 0 aromatic heterocycles. The van der Waals surface area contributed by atoms with Crippen molar-refractivity contribution in [3.8, 4) is 0 Å². The van der Waals surface area contributed by atoms with Gasteiger partial charge in [-0.2, -0.15) is 0 Å². The quantitative estimate of drug-likeness (QED) is 0.755. The molecule has 1 aromatic rings. The van der Waals surface area contributed by atoms with Crippen molar-refractivity contribution in [1.82, 2.24) is 9.80 Å². The molecule has 2 saturated heterocycles. The monoisotopic (exact) mass is 406 g/mol. The van der Waals surface area contributed by atoms with Crippen LogP contribution in [0.3, 0.4) is 0 Å². The molecule has 158 valence electrons. The molecule has 2 fully saturated rings. The van der Waals surface area contributed by atoms with E-state index in [-0.39, 0.29) is 24.0 Å². The van der Waals surface area contributed by atoms with Crippen molar-refractivity contribution in [2.45, 2.75) is 52.2 Å². The highest BCUT2D eigenvalue weighted by atomic mass is 19.2. The first-order chi connectivity index (χ1) is 13.5. The Morgan fingerprint density at radius 2 is 1.97 bits per heavy atom. The van der Waals surface area contributed by atoms with Crippen LogP contribution in [0.25, 0.3) is 5.57 Å². The molecule has 0 N–H and O–H groups in total. The first kappa shape index (κ1) is 21.3. The highest BCUT2D eigenvalue weighted by molar-refractivity contribution is 5.82. The standard InChI is InChI=1S/C22H28F2N2O3/c1-14(15-7-8-18(23)19(24)12-15)5-6-16-11-17-13-25(9-10-26(17)20(16)27)21(28)29-22(2,3)4/h5,7-8,12,16-17H,6,9-11,13H2,1-4H3/b14-5+/t16-,17-/m0/s1. The summed E-state index contributed by atoms with van der Waals surface area (Å²) in [6.45, 7) is 8.76. The van der Waals surface area contributed by atoms with Gasteiger partial charge in [-0.25, -0.2) is 13.6 Å². The summed E-state index contributed by atoms with van der Waals surface area (Å²) in [6, 6.07) is 3.79. The van der Waals surface area contributed by atoms with E-state index in [2.05, 4.69) is 0 Å². The minimum atomic E-state index is -0.883. The number of carbonyl (C=O) groups excluding carboxylic acids is 2. The molecule has 2 amide bonds. The van der Waals surface area contributed by atoms with Crippen molar-refractivity contribution < 1.29 is 23.1 Å². The van der Waals surface area contributed by atoms with Gasteiger partial charge in [0, 0.05) is 25.6 Å². The number of fused-ring (bicyclic) bond motifs is 1. The summed E-state index contributed by atoms with van der Waals surface area (Å²) in [5.74, 6) is -1.84. The normalized spacial score (nSPS) is 22.7. The number of hydrogen-bond acceptors (Lipinski definition) is 3. The Morgan fingerprint density at radius 1 is 1.24 bits per heavy atom. The summed E-state index contributed by atoms with van der Waals surface area (Å²) in [4.78, 5) is 28.6. The number of hydrogen-bond donors (Lipinski definition) is 0. The van der Waals surface area contributed by atoms with Crippen LogP contribution in [0.4, 0.5) is 13.6 Å². The average Bonchev–Trinajstić information content (AvgIpc) is 2.96. The van der Waals surface area contributed by atoms with E-state index in [1.165, 1.54) is 12.1 Å². The van der Waals surface area contributed by atoms with E-state index in [1.807, 2.05) is 38.7 Å². The second-order valence-corrected chi connectivity index (χ2v) is 8.80. The van der Waals surface area contributed by atoms with Crippen molar-refractivity contribution in [3.05, 3.63) is 41.5 Å². The van der Waals surface area contributed by atoms with Gasteiger partial charge in [0.25, 0.3) is 0 Å². The van der Waals surface area contributed by atoms with Gasteiger partial charge >= 0.3 is 6.09 Å². The van der Waals surface area contributed by atoms with Crippen molar-refractivity contribution in [2.24, 2.45) is 5.92 Å². The zero-order valence-electron chi connectivity index (χ0n) is 17.4. The average molecular weight is 406 g/mol. The van der Waals surface area contributed by atoms with E-state index < -0.39 is 17.2 Å². The number of carbonyl (C=O) groups is 2. The summed E-state index contributed by atoms with van der Waals surface area (Å²) >= 11 is 0. The Labute approximate surface area is 170 Å². The molecule has 0 unspecified atom stereocenters. The molecular formula is C22H28F2N2O3. The number of ether oxygens (including phenoxy) is 1. The molecule has 7 heteroatoms. The number of allylic oxidation sites excluding steroid dienone is 2. The molecular weight excluding hydrogens is 378 g/mol. The fraction of sp³-hybridized carbons (Fsp3) is 0.545. The van der Waals surface area contributed by atoms with Crippen LogP contribution < -0.4 is 0 Å². The minimum Gasteiger partial charge on any atom is -0.444 e. The fourth-order valence-corrected chi connectivity index (χ4v) is 3.88. The third-order valence-electron chi connectivity index (χ3n) is 5.41. The molecule has 0 radical (unpaired) electrons. The zero-order chi connectivity index (χ0) is 21.3. The molecule has 5 nitrogen and oxygen atoms in total. The van der Waals surface area contributed by atoms with Gasteiger partial charge in [0.05, 0.1) is 6.04 Å². The molecule has 3 rings (SSSR count). The van der Waals surface area contributed by atoms with Gasteiger partial charge in [-0.3, -0.25) is 4.79 Å². The van der Waals surface area contributed by atoms with E-state index in [1.54, 1.807) is 4.90 Å². The maximum absolute atomic E-state index is 13.4. The van der Waals surface area contributed by atoms with Gasteiger partial charge in [0.15, 0.2) is 11.6 Å². The Morgan fingerprint density at radius 3 is 2.62 bits per heavy atom. The predicted octanol–water partition coefficient (Wildman–Crippen LogP) is 4.23. The lowest BCUT2D eigenvalue weighted by molar-refractivity contribution is -0.133. The van der Waals surface area contributed by atoms with Crippen LogP contribution in [-0.4, -0.2) is 53.1 Å². The van der Waals surface area contributed by atoms with Crippen molar-refractivity contribution >= 4 is 17.6 Å². The smallest absolute Gasteiger partial charge is 0.410 e. The van der Waals surface area contributed by atoms with Gasteiger partial charge < -0.3 is 14.5 Å². The van der Waals surface area contributed by atoms with Crippen LogP contribution in [0.15, 0.2) is 24.3 Å². The van der Waals surface area contributed by atoms with Crippen LogP contribution in [0.2, 0.25) is 0 Å². The van der Waals surface area contributed by atoms with Crippen molar-refractivity contribution in [1.29, 1.82) is 0 Å². The predicted molar refractivity (Wildman–Crippen MR) is 106 cm³/mol. The molecule has 2 aliphatic heterocycles. The second kappa shape index (κ2) is 8.13. The summed E-state index contributed by atoms with van der Waals surface area (Å²) in [5, 5.41) is 0. The van der Waals surface area contributed by atoms with Crippen LogP contribution >= 0.6 is 0 Å². The summed E-state index contributed by atoms with van der Waals surface area (Å²) in [5.41, 5.74) is 0.852. The molecule has 0 saturated carbocycles. The lowest BCUT2D eigenvalue weighted by Crippen LogP contribution is -2.54. The van der Waals surface area contributed by atoms with E-state index in [9.17, 15) is 18.4 Å². The van der Waals surface area contributed by atoms with Gasteiger partial charge in [-0.05, 0) is 63.8 Å². The van der Waals surface area contributed by atoms with Crippen LogP contribution in [0, 0.1) is 17.6 Å². The third-order valence-corrected chi connectivity index (χ3v) is 5.41. The molecule has 2 aliphatic rings. The Hall–Kier alpha value is -2.44. The zero-order valence-corrected chi connectivity index (χ0v) is 17.4. The van der Waals surface area contributed by atoms with E-state index in [0.29, 0.717) is 38.0 Å². The van der Waals surface area contributed by atoms with E-state index in [4.69, 9.17) is 4.74 Å². The second-order valence-electron chi connectivity index (χ2n) is 8.80. The van der Waals surface area contributed by atoms with Crippen LogP contribution in [0.5, 0.6) is 0 Å². The van der Waals surface area contributed by atoms with Gasteiger partial charge in [0.2, 0.25) is 5.91 Å². The van der Waals surface area contributed by atoms with Gasteiger partial charge in [-0.15, -0.1) is 0 Å². The number of amides is 2. The summed E-state index contributed by atoms with van der Waals surface area (Å²) in [7, 11) is 0. The molecule has 2 atom stereocenters. The maximum Gasteiger partial charge on any atom is 0.410 e. The molecule has 0 spiro atoms. The summed E-state index contributed by atoms with van der Waals surface area (Å²) < 4.78 is 32.0. The largest absolute Gasteiger partial charge is 0.444 e. The van der Waals surface area contributed by atoms with Crippen LogP contribution in [-0.2, 0) is 9.53 Å². The minimum absolute atomic E-state index is 0.00857. The lowest BCUT2D eigenvalue weighted by Gasteiger charge is -2.38. The Kier molecular flexibility index (Phi) is 5.96. The third kappa shape index (κ3) is 4.95. The van der Waals surface area contributed by atoms with Gasteiger partial charge in [-0.1, -0.05) is 12.1 Å². The Balaban J connectivity index is 1.61. The molecule has 2 heterocycles. The van der Waals surface area contributed by atoms with Crippen molar-refractivity contribution in [2.75, 3.05) is 19.6 Å². The number of piperazine rings is 1. The topological polar surface area (TPSA) is 49.9 Å². The summed E-state index contributed by atoms with van der Waals surface area (Å²) in [6.07, 6.45) is 2.75. The molecule has 0 bridgehead atoms. The van der Waals surface area contributed by atoms with E-state index in [0.717, 1.165) is 11.6 Å². The molecule has 1 aromatic carbocycles. The molecule has 0 aliphatic carbocycles. The number of rotatable bonds is 3. The number of benzene rings is 1. The van der Waals surface area contributed by atoms with Crippen molar-refractivity contribution in [3.63, 3.8) is 0 Å².